The van der Waals surface area contributed by atoms with Crippen molar-refractivity contribution in [2.24, 2.45) is 4.99 Å². The molecule has 0 bridgehead atoms. The average Bonchev–Trinajstić information content (AvgIpc) is 2.40. The highest BCUT2D eigenvalue weighted by atomic mass is 35.5. The number of rotatable bonds is 4. The van der Waals surface area contributed by atoms with E-state index < -0.39 is 0 Å². The zero-order valence-corrected chi connectivity index (χ0v) is 11.2. The van der Waals surface area contributed by atoms with Crippen LogP contribution in [0, 0.1) is 0 Å². The summed E-state index contributed by atoms with van der Waals surface area (Å²) >= 11 is 0. The molecule has 0 saturated carbocycles. The van der Waals surface area contributed by atoms with E-state index in [9.17, 15) is 0 Å². The Morgan fingerprint density at radius 1 is 1.33 bits per heavy atom. The van der Waals surface area contributed by atoms with E-state index in [0.717, 1.165) is 17.3 Å². The third kappa shape index (κ3) is 3.60. The van der Waals surface area contributed by atoms with E-state index in [0.29, 0.717) is 13.2 Å². The van der Waals surface area contributed by atoms with Crippen LogP contribution in [-0.2, 0) is 9.47 Å². The number of nitrogens with one attached hydrogen (secondary N) is 1. The Labute approximate surface area is 113 Å². The summed E-state index contributed by atoms with van der Waals surface area (Å²) in [5.41, 5.74) is 0.934. The van der Waals surface area contributed by atoms with Gasteiger partial charge in [0.25, 0.3) is 0 Å². The summed E-state index contributed by atoms with van der Waals surface area (Å²) < 4.78 is 15.7. The number of benzene rings is 1. The molecule has 1 heterocycles. The second-order valence-corrected chi connectivity index (χ2v) is 3.60. The van der Waals surface area contributed by atoms with Crippen LogP contribution >= 0.6 is 12.4 Å². The Hall–Kier alpha value is -1.30. The van der Waals surface area contributed by atoms with Gasteiger partial charge in [-0.3, -0.25) is 4.99 Å². The molecule has 0 radical (unpaired) electrons. The fourth-order valence-electron chi connectivity index (χ4n) is 1.55. The van der Waals surface area contributed by atoms with Gasteiger partial charge in [0.2, 0.25) is 0 Å². The fourth-order valence-corrected chi connectivity index (χ4v) is 1.55. The predicted molar refractivity (Wildman–Crippen MR) is 72.9 cm³/mol. The third-order valence-corrected chi connectivity index (χ3v) is 2.49. The standard InChI is InChI=1S/C12H16N2O3.ClH/c1-15-12(16-2)7-13-11-8-17-10-6-4-3-5-9(10)14-11;/h3-6,12H,7-8H2,1-2H3,(H,13,14);1H. The van der Waals surface area contributed by atoms with E-state index in [-0.39, 0.29) is 18.7 Å². The van der Waals surface area contributed by atoms with Crippen LogP contribution in [0.1, 0.15) is 0 Å². The summed E-state index contributed by atoms with van der Waals surface area (Å²) in [6.45, 7) is 0.887. The fraction of sp³-hybridized carbons (Fsp3) is 0.417. The first kappa shape index (κ1) is 14.8. The van der Waals surface area contributed by atoms with E-state index in [2.05, 4.69) is 10.3 Å². The molecule has 0 amide bonds. The zero-order chi connectivity index (χ0) is 12.1. The number of ether oxygens (including phenoxy) is 3. The van der Waals surface area contributed by atoms with Gasteiger partial charge in [0.05, 0.1) is 12.2 Å². The molecular formula is C12H17ClN2O3. The van der Waals surface area contributed by atoms with Gasteiger partial charge in [0.1, 0.15) is 18.2 Å². The van der Waals surface area contributed by atoms with Crippen LogP contribution in [0.2, 0.25) is 0 Å². The lowest BCUT2D eigenvalue weighted by molar-refractivity contribution is -0.0937. The maximum absolute atomic E-state index is 5.56. The third-order valence-electron chi connectivity index (χ3n) is 2.49. The molecule has 100 valence electrons. The van der Waals surface area contributed by atoms with E-state index in [1.165, 1.54) is 0 Å². The first-order valence-corrected chi connectivity index (χ1v) is 5.41. The molecule has 1 aliphatic rings. The van der Waals surface area contributed by atoms with E-state index >= 15 is 0 Å². The molecule has 1 aromatic carbocycles. The number of para-hydroxylation sites is 2. The number of aliphatic imine (C=N–C) groups is 1. The van der Waals surface area contributed by atoms with Crippen molar-refractivity contribution in [1.29, 1.82) is 0 Å². The summed E-state index contributed by atoms with van der Waals surface area (Å²) in [4.78, 5) is 4.35. The molecule has 0 aliphatic carbocycles. The van der Waals surface area contributed by atoms with E-state index in [1.807, 2.05) is 24.3 Å². The monoisotopic (exact) mass is 272 g/mol. The van der Waals surface area contributed by atoms with Crippen molar-refractivity contribution in [1.82, 2.24) is 0 Å². The minimum atomic E-state index is -0.318. The lowest BCUT2D eigenvalue weighted by Crippen LogP contribution is -2.28. The van der Waals surface area contributed by atoms with Crippen molar-refractivity contribution in [3.05, 3.63) is 24.3 Å². The number of fused-ring (bicyclic) bond motifs is 1. The lowest BCUT2D eigenvalue weighted by atomic mass is 10.2. The Morgan fingerprint density at radius 2 is 2.06 bits per heavy atom. The quantitative estimate of drug-likeness (QED) is 0.851. The Morgan fingerprint density at radius 3 is 2.78 bits per heavy atom. The molecule has 0 saturated heterocycles. The van der Waals surface area contributed by atoms with Gasteiger partial charge in [0.15, 0.2) is 6.29 Å². The predicted octanol–water partition coefficient (Wildman–Crippen LogP) is 1.93. The van der Waals surface area contributed by atoms with E-state index in [4.69, 9.17) is 14.2 Å². The highest BCUT2D eigenvalue weighted by Crippen LogP contribution is 2.26. The van der Waals surface area contributed by atoms with Crippen LogP contribution in [0.5, 0.6) is 5.75 Å². The molecule has 2 rings (SSSR count). The van der Waals surface area contributed by atoms with Crippen LogP contribution in [0.4, 0.5) is 5.69 Å². The Kier molecular flexibility index (Phi) is 5.91. The highest BCUT2D eigenvalue weighted by Gasteiger charge is 2.14. The largest absolute Gasteiger partial charge is 0.484 e. The topological polar surface area (TPSA) is 52.1 Å². The summed E-state index contributed by atoms with van der Waals surface area (Å²) in [6, 6.07) is 7.76. The van der Waals surface area contributed by atoms with Crippen LogP contribution in [0.15, 0.2) is 29.3 Å². The molecule has 6 heteroatoms. The summed E-state index contributed by atoms with van der Waals surface area (Å²) in [5.74, 6) is 1.63. The minimum absolute atomic E-state index is 0. The number of nitrogens with zero attached hydrogens (tertiary/aromatic N) is 1. The van der Waals surface area contributed by atoms with Gasteiger partial charge in [-0.05, 0) is 12.1 Å². The average molecular weight is 273 g/mol. The second kappa shape index (κ2) is 7.20. The van der Waals surface area contributed by atoms with Gasteiger partial charge in [-0.2, -0.15) is 0 Å². The molecule has 0 atom stereocenters. The van der Waals surface area contributed by atoms with Crippen molar-refractivity contribution in [3.63, 3.8) is 0 Å². The molecule has 18 heavy (non-hydrogen) atoms. The number of methoxy groups -OCH3 is 2. The summed E-state index contributed by atoms with van der Waals surface area (Å²) in [6.07, 6.45) is -0.318. The molecule has 1 N–H and O–H groups in total. The van der Waals surface area contributed by atoms with Crippen molar-refractivity contribution in [3.8, 4) is 5.75 Å². The van der Waals surface area contributed by atoms with Gasteiger partial charge in [-0.25, -0.2) is 0 Å². The van der Waals surface area contributed by atoms with Crippen molar-refractivity contribution in [2.45, 2.75) is 6.29 Å². The summed E-state index contributed by atoms with van der Waals surface area (Å²) in [5, 5.41) is 3.21. The van der Waals surface area contributed by atoms with Crippen LogP contribution < -0.4 is 10.1 Å². The van der Waals surface area contributed by atoms with Crippen molar-refractivity contribution < 1.29 is 14.2 Å². The van der Waals surface area contributed by atoms with E-state index in [1.54, 1.807) is 14.2 Å². The molecular weight excluding hydrogens is 256 g/mol. The molecule has 1 aliphatic heterocycles. The van der Waals surface area contributed by atoms with Gasteiger partial charge in [-0.1, -0.05) is 12.1 Å². The number of amidine groups is 1. The van der Waals surface area contributed by atoms with Crippen LogP contribution in [-0.4, -0.2) is 39.5 Å². The van der Waals surface area contributed by atoms with Crippen LogP contribution in [0.25, 0.3) is 0 Å². The smallest absolute Gasteiger partial charge is 0.176 e. The van der Waals surface area contributed by atoms with Crippen LogP contribution in [0.3, 0.4) is 0 Å². The first-order chi connectivity index (χ1) is 8.33. The van der Waals surface area contributed by atoms with Gasteiger partial charge < -0.3 is 19.5 Å². The van der Waals surface area contributed by atoms with Crippen molar-refractivity contribution in [2.75, 3.05) is 32.7 Å². The number of hydrogen-bond donors (Lipinski definition) is 1. The highest BCUT2D eigenvalue weighted by molar-refractivity contribution is 5.99. The Bertz CT molecular complexity index is 408. The molecule has 0 fully saturated rings. The minimum Gasteiger partial charge on any atom is -0.484 e. The number of anilines is 1. The van der Waals surface area contributed by atoms with Crippen molar-refractivity contribution >= 4 is 23.9 Å². The molecule has 0 spiro atoms. The molecule has 0 unspecified atom stereocenters. The lowest BCUT2D eigenvalue weighted by Gasteiger charge is -2.21. The maximum atomic E-state index is 5.56. The zero-order valence-electron chi connectivity index (χ0n) is 10.4. The van der Waals surface area contributed by atoms with Gasteiger partial charge in [-0.15, -0.1) is 12.4 Å². The number of hydrogen-bond acceptors (Lipinski definition) is 4. The molecule has 0 aromatic heterocycles. The number of halogens is 1. The normalized spacial score (nSPS) is 15.6. The molecule has 5 nitrogen and oxygen atoms in total. The SMILES string of the molecule is COC(CN=C1COc2ccccc2N1)OC.Cl. The summed E-state index contributed by atoms with van der Waals surface area (Å²) in [7, 11) is 3.18. The second-order valence-electron chi connectivity index (χ2n) is 3.60. The van der Waals surface area contributed by atoms with Gasteiger partial charge in [0, 0.05) is 14.2 Å². The Balaban J connectivity index is 0.00000162. The van der Waals surface area contributed by atoms with Gasteiger partial charge >= 0.3 is 0 Å². The maximum Gasteiger partial charge on any atom is 0.176 e. The first-order valence-electron chi connectivity index (χ1n) is 5.41. The molecule has 1 aromatic rings.